The first kappa shape index (κ1) is 6.52. The van der Waals surface area contributed by atoms with Crippen molar-refractivity contribution in [2.24, 2.45) is 5.92 Å². The van der Waals surface area contributed by atoms with E-state index in [4.69, 9.17) is 11.5 Å². The molecule has 0 saturated heterocycles. The molecule has 0 saturated carbocycles. The normalized spacial score (nSPS) is 12.7. The van der Waals surface area contributed by atoms with Crippen LogP contribution in [0.1, 0.15) is 13.3 Å². The van der Waals surface area contributed by atoms with Gasteiger partial charge in [0.2, 0.25) is 0 Å². The maximum absolute atomic E-state index is 8.37. The zero-order valence-corrected chi connectivity index (χ0v) is 4.52. The highest BCUT2D eigenvalue weighted by molar-refractivity contribution is 4.85. The second kappa shape index (κ2) is 3.70. The summed E-state index contributed by atoms with van der Waals surface area (Å²) in [5.74, 6) is 2.73. The van der Waals surface area contributed by atoms with Gasteiger partial charge in [-0.3, -0.25) is 0 Å². The molecule has 0 aliphatic carbocycles. The molecule has 0 rings (SSSR count). The van der Waals surface area contributed by atoms with Gasteiger partial charge in [0.15, 0.2) is 0 Å². The summed E-state index contributed by atoms with van der Waals surface area (Å²) in [7, 11) is 0. The van der Waals surface area contributed by atoms with Crippen LogP contribution in [-0.2, 0) is 0 Å². The molecule has 0 bridgehead atoms. The summed E-state index contributed by atoms with van der Waals surface area (Å²) in [5.41, 5.74) is 0. The van der Waals surface area contributed by atoms with Crippen LogP contribution in [0.4, 0.5) is 0 Å². The highest BCUT2D eigenvalue weighted by Gasteiger charge is 1.92. The molecule has 1 unspecified atom stereocenters. The van der Waals surface area contributed by atoms with Gasteiger partial charge in [-0.25, -0.2) is 0 Å². The average Bonchev–Trinajstić information content (AvgIpc) is 1.68. The van der Waals surface area contributed by atoms with E-state index in [2.05, 4.69) is 5.92 Å². The van der Waals surface area contributed by atoms with Crippen molar-refractivity contribution in [3.8, 4) is 12.3 Å². The van der Waals surface area contributed by atoms with Gasteiger partial charge in [0.05, 0.1) is 0 Å². The first-order valence-corrected chi connectivity index (χ1v) is 2.35. The number of hydrogen-bond acceptors (Lipinski definition) is 1. The molecule has 0 aliphatic rings. The first-order chi connectivity index (χ1) is 3.31. The summed E-state index contributed by atoms with van der Waals surface area (Å²) in [4.78, 5) is 0. The third-order valence-corrected chi connectivity index (χ3v) is 0.778. The second-order valence-corrected chi connectivity index (χ2v) is 1.70. The largest absolute Gasteiger partial charge is 0.396 e. The van der Waals surface area contributed by atoms with E-state index < -0.39 is 0 Å². The van der Waals surface area contributed by atoms with E-state index in [9.17, 15) is 0 Å². The minimum Gasteiger partial charge on any atom is -0.396 e. The van der Waals surface area contributed by atoms with E-state index in [1.54, 1.807) is 0 Å². The predicted molar refractivity (Wildman–Crippen MR) is 29.7 cm³/mol. The Morgan fingerprint density at radius 1 is 1.86 bits per heavy atom. The maximum atomic E-state index is 8.37. The van der Waals surface area contributed by atoms with Crippen molar-refractivity contribution >= 4 is 0 Å². The van der Waals surface area contributed by atoms with Crippen molar-refractivity contribution in [1.29, 1.82) is 0 Å². The molecule has 0 amide bonds. The Balaban J connectivity index is 3.03. The molecular formula is C6H10O. The highest BCUT2D eigenvalue weighted by Crippen LogP contribution is 1.95. The Bertz CT molecular complexity index is 70.7. The Hall–Kier alpha value is -0.480. The molecule has 1 atom stereocenters. The van der Waals surface area contributed by atoms with Crippen LogP contribution in [0.15, 0.2) is 0 Å². The Labute approximate surface area is 44.4 Å². The van der Waals surface area contributed by atoms with Crippen molar-refractivity contribution < 1.29 is 5.11 Å². The molecular weight excluding hydrogens is 88.1 g/mol. The number of aliphatic hydroxyl groups is 1. The van der Waals surface area contributed by atoms with Crippen LogP contribution in [-0.4, -0.2) is 11.7 Å². The van der Waals surface area contributed by atoms with E-state index in [1.807, 2.05) is 6.92 Å². The van der Waals surface area contributed by atoms with Crippen molar-refractivity contribution in [3.63, 3.8) is 0 Å². The molecule has 0 radical (unpaired) electrons. The molecule has 0 fully saturated rings. The topological polar surface area (TPSA) is 20.2 Å². The van der Waals surface area contributed by atoms with E-state index in [0.29, 0.717) is 6.42 Å². The van der Waals surface area contributed by atoms with Crippen LogP contribution < -0.4 is 0 Å². The molecule has 0 aliphatic heterocycles. The molecule has 0 aromatic rings. The number of terminal acetylenes is 1. The fourth-order valence-electron chi connectivity index (χ4n) is 0.266. The van der Waals surface area contributed by atoms with Gasteiger partial charge in [0.1, 0.15) is 0 Å². The maximum Gasteiger partial charge on any atom is 0.0465 e. The average molecular weight is 98.1 g/mol. The molecule has 1 heteroatoms. The summed E-state index contributed by atoms with van der Waals surface area (Å²) >= 11 is 0. The highest BCUT2D eigenvalue weighted by atomic mass is 16.3. The van der Waals surface area contributed by atoms with Crippen LogP contribution in [0.25, 0.3) is 0 Å². The van der Waals surface area contributed by atoms with Gasteiger partial charge in [-0.2, -0.15) is 0 Å². The number of aliphatic hydroxyl groups excluding tert-OH is 1. The molecule has 7 heavy (non-hydrogen) atoms. The van der Waals surface area contributed by atoms with E-state index in [1.165, 1.54) is 0 Å². The molecule has 1 N–H and O–H groups in total. The van der Waals surface area contributed by atoms with Crippen LogP contribution >= 0.6 is 0 Å². The van der Waals surface area contributed by atoms with Crippen molar-refractivity contribution in [1.82, 2.24) is 0 Å². The summed E-state index contributed by atoms with van der Waals surface area (Å²) in [6.45, 7) is 2.12. The zero-order chi connectivity index (χ0) is 5.70. The van der Waals surface area contributed by atoms with Crippen LogP contribution in [0.2, 0.25) is 0 Å². The van der Waals surface area contributed by atoms with Gasteiger partial charge in [-0.1, -0.05) is 6.92 Å². The molecule has 40 valence electrons. The van der Waals surface area contributed by atoms with Crippen molar-refractivity contribution in [2.45, 2.75) is 13.3 Å². The molecule has 0 spiro atoms. The third kappa shape index (κ3) is 3.35. The van der Waals surface area contributed by atoms with Gasteiger partial charge in [-0.15, -0.1) is 12.3 Å². The van der Waals surface area contributed by atoms with Gasteiger partial charge in [-0.05, 0) is 5.92 Å². The lowest BCUT2D eigenvalue weighted by Gasteiger charge is -1.97. The lowest BCUT2D eigenvalue weighted by Crippen LogP contribution is -1.97. The smallest absolute Gasteiger partial charge is 0.0465 e. The number of hydrogen-bond donors (Lipinski definition) is 1. The summed E-state index contributed by atoms with van der Waals surface area (Å²) in [6.07, 6.45) is 5.62. The summed E-state index contributed by atoms with van der Waals surface area (Å²) in [5, 5.41) is 8.37. The lowest BCUT2D eigenvalue weighted by atomic mass is 10.1. The van der Waals surface area contributed by atoms with Gasteiger partial charge >= 0.3 is 0 Å². The van der Waals surface area contributed by atoms with Gasteiger partial charge in [0, 0.05) is 13.0 Å². The minimum absolute atomic E-state index is 0.199. The first-order valence-electron chi connectivity index (χ1n) is 2.35. The van der Waals surface area contributed by atoms with Crippen molar-refractivity contribution in [3.05, 3.63) is 0 Å². The fraction of sp³-hybridized carbons (Fsp3) is 0.667. The predicted octanol–water partition coefficient (Wildman–Crippen LogP) is 0.638. The monoisotopic (exact) mass is 98.1 g/mol. The minimum atomic E-state index is 0.199. The molecule has 1 nitrogen and oxygen atoms in total. The molecule has 0 aromatic carbocycles. The Morgan fingerprint density at radius 2 is 2.43 bits per heavy atom. The van der Waals surface area contributed by atoms with Gasteiger partial charge < -0.3 is 5.11 Å². The van der Waals surface area contributed by atoms with E-state index in [-0.39, 0.29) is 12.5 Å². The Kier molecular flexibility index (Phi) is 3.45. The lowest BCUT2D eigenvalue weighted by molar-refractivity contribution is 0.240. The number of rotatable bonds is 2. The van der Waals surface area contributed by atoms with E-state index in [0.717, 1.165) is 0 Å². The second-order valence-electron chi connectivity index (χ2n) is 1.70. The molecule has 0 heterocycles. The van der Waals surface area contributed by atoms with Crippen LogP contribution in [0, 0.1) is 18.3 Å². The Morgan fingerprint density at radius 3 is 2.57 bits per heavy atom. The van der Waals surface area contributed by atoms with E-state index >= 15 is 0 Å². The summed E-state index contributed by atoms with van der Waals surface area (Å²) < 4.78 is 0. The van der Waals surface area contributed by atoms with Crippen LogP contribution in [0.3, 0.4) is 0 Å². The zero-order valence-electron chi connectivity index (χ0n) is 4.52. The third-order valence-electron chi connectivity index (χ3n) is 0.778. The molecule has 0 aromatic heterocycles. The fourth-order valence-corrected chi connectivity index (χ4v) is 0.266. The van der Waals surface area contributed by atoms with Crippen LogP contribution in [0.5, 0.6) is 0 Å². The SMILES string of the molecule is C#CCC(C)CO. The quantitative estimate of drug-likeness (QED) is 0.502. The van der Waals surface area contributed by atoms with Crippen molar-refractivity contribution in [2.75, 3.05) is 6.61 Å². The van der Waals surface area contributed by atoms with Gasteiger partial charge in [0.25, 0.3) is 0 Å². The summed E-state index contributed by atoms with van der Waals surface area (Å²) in [6, 6.07) is 0. The standard InChI is InChI=1S/C6H10O/c1-3-4-6(2)5-7/h1,6-7H,4-5H2,2H3.